The van der Waals surface area contributed by atoms with Crippen molar-refractivity contribution in [2.24, 2.45) is 0 Å². The molecule has 2 aromatic rings. The summed E-state index contributed by atoms with van der Waals surface area (Å²) in [6.45, 7) is 2.33. The quantitative estimate of drug-likeness (QED) is 0.105. The Bertz CT molecular complexity index is 933. The monoisotopic (exact) mass is 588 g/mol. The third kappa shape index (κ3) is 17.3. The van der Waals surface area contributed by atoms with Gasteiger partial charge in [-0.2, -0.15) is 0 Å². The van der Waals surface area contributed by atoms with Crippen molar-refractivity contribution < 1.29 is 19.2 Å². The normalized spacial score (nSPS) is 10.3. The van der Waals surface area contributed by atoms with E-state index in [1.165, 1.54) is 21.6 Å². The van der Waals surface area contributed by atoms with Crippen LogP contribution < -0.4 is 31.9 Å². The standard InChI is InChI=1S/C28H40N6O4S2/c35-25(29-17-9-3-11-19-31-27(37)33-23-13-5-1-6-14-23)21-39-40-22-26(36)30-18-10-4-12-20-32-28(38)34-24-15-7-2-8-16-24/h1-2,5-8,13-16H,3-4,9-12,17-22H2,(H,29,35)(H,30,36)(H2,31,33,37)(H2,32,34,38). The van der Waals surface area contributed by atoms with Gasteiger partial charge in [0.05, 0.1) is 11.5 Å². The van der Waals surface area contributed by atoms with E-state index < -0.39 is 0 Å². The number of rotatable bonds is 19. The minimum absolute atomic E-state index is 0.0515. The molecule has 10 nitrogen and oxygen atoms in total. The van der Waals surface area contributed by atoms with Crippen molar-refractivity contribution in [1.82, 2.24) is 21.3 Å². The maximum atomic E-state index is 11.9. The SMILES string of the molecule is O=C(CSSCC(=O)NCCCCCNC(=O)Nc1ccccc1)NCCCCCNC(=O)Nc1ccccc1. The number of unbranched alkanes of at least 4 members (excludes halogenated alkanes) is 4. The Labute approximate surface area is 244 Å². The van der Waals surface area contributed by atoms with Crippen LogP contribution in [0, 0.1) is 0 Å². The van der Waals surface area contributed by atoms with Gasteiger partial charge >= 0.3 is 12.1 Å². The van der Waals surface area contributed by atoms with Gasteiger partial charge in [0.25, 0.3) is 0 Å². The minimum atomic E-state index is -0.224. The molecule has 218 valence electrons. The first-order valence-electron chi connectivity index (χ1n) is 13.5. The maximum Gasteiger partial charge on any atom is 0.319 e. The third-order valence-corrected chi connectivity index (χ3v) is 7.58. The fraction of sp³-hybridized carbons (Fsp3) is 0.429. The average Bonchev–Trinajstić information content (AvgIpc) is 2.95. The maximum absolute atomic E-state index is 11.9. The number of carbonyl (C=O) groups is 4. The molecule has 0 aliphatic heterocycles. The summed E-state index contributed by atoms with van der Waals surface area (Å²) in [7, 11) is 2.72. The van der Waals surface area contributed by atoms with Gasteiger partial charge < -0.3 is 31.9 Å². The number of hydrogen-bond donors (Lipinski definition) is 6. The number of urea groups is 2. The van der Waals surface area contributed by atoms with E-state index in [9.17, 15) is 19.2 Å². The molecule has 0 atom stereocenters. The lowest BCUT2D eigenvalue weighted by Gasteiger charge is -2.08. The molecule has 6 N–H and O–H groups in total. The second kappa shape index (κ2) is 21.4. The van der Waals surface area contributed by atoms with Crippen molar-refractivity contribution in [3.05, 3.63) is 60.7 Å². The lowest BCUT2D eigenvalue weighted by Crippen LogP contribution is -2.30. The molecule has 40 heavy (non-hydrogen) atoms. The second-order valence-electron chi connectivity index (χ2n) is 8.84. The van der Waals surface area contributed by atoms with Gasteiger partial charge in [0.2, 0.25) is 11.8 Å². The molecule has 0 aromatic heterocycles. The van der Waals surface area contributed by atoms with E-state index in [0.29, 0.717) is 37.7 Å². The molecule has 0 aliphatic carbocycles. The molecule has 0 radical (unpaired) electrons. The first-order valence-corrected chi connectivity index (χ1v) is 16.0. The van der Waals surface area contributed by atoms with Gasteiger partial charge in [0.1, 0.15) is 0 Å². The zero-order valence-electron chi connectivity index (χ0n) is 22.7. The number of nitrogens with one attached hydrogen (secondary N) is 6. The van der Waals surface area contributed by atoms with Crippen LogP contribution in [0.1, 0.15) is 38.5 Å². The summed E-state index contributed by atoms with van der Waals surface area (Å²) in [6, 6.07) is 18.1. The topological polar surface area (TPSA) is 140 Å². The Kier molecular flexibility index (Phi) is 17.6. The molecule has 0 saturated carbocycles. The van der Waals surface area contributed by atoms with E-state index in [0.717, 1.165) is 49.9 Å². The summed E-state index contributed by atoms with van der Waals surface area (Å²) in [5, 5.41) is 16.9. The Balaban J connectivity index is 1.32. The molecule has 0 bridgehead atoms. The average molecular weight is 589 g/mol. The van der Waals surface area contributed by atoms with Gasteiger partial charge in [-0.3, -0.25) is 9.59 Å². The molecular weight excluding hydrogens is 548 g/mol. The molecule has 0 fully saturated rings. The van der Waals surface area contributed by atoms with Gasteiger partial charge in [-0.15, -0.1) is 0 Å². The van der Waals surface area contributed by atoms with Crippen LogP contribution in [0.5, 0.6) is 0 Å². The summed E-state index contributed by atoms with van der Waals surface area (Å²) in [4.78, 5) is 47.5. The van der Waals surface area contributed by atoms with E-state index in [4.69, 9.17) is 0 Å². The molecule has 6 amide bonds. The van der Waals surface area contributed by atoms with Crippen molar-refractivity contribution >= 4 is 56.8 Å². The van der Waals surface area contributed by atoms with E-state index in [1.54, 1.807) is 0 Å². The summed E-state index contributed by atoms with van der Waals surface area (Å²) in [5.41, 5.74) is 1.51. The Hall–Kier alpha value is -3.38. The fourth-order valence-electron chi connectivity index (χ4n) is 3.40. The van der Waals surface area contributed by atoms with Gasteiger partial charge in [-0.1, -0.05) is 58.0 Å². The molecule has 12 heteroatoms. The fourth-order valence-corrected chi connectivity index (χ4v) is 5.13. The molecule has 2 rings (SSSR count). The summed E-state index contributed by atoms with van der Waals surface area (Å²) in [5.74, 6) is 0.488. The highest BCUT2D eigenvalue weighted by Gasteiger charge is 2.06. The largest absolute Gasteiger partial charge is 0.355 e. The van der Waals surface area contributed by atoms with Gasteiger partial charge in [0, 0.05) is 37.6 Å². The highest BCUT2D eigenvalue weighted by Crippen LogP contribution is 2.20. The van der Waals surface area contributed by atoms with Crippen molar-refractivity contribution in [2.45, 2.75) is 38.5 Å². The van der Waals surface area contributed by atoms with E-state index in [2.05, 4.69) is 31.9 Å². The zero-order valence-corrected chi connectivity index (χ0v) is 24.3. The van der Waals surface area contributed by atoms with Crippen LogP contribution in [-0.2, 0) is 9.59 Å². The van der Waals surface area contributed by atoms with Gasteiger partial charge in [0.15, 0.2) is 0 Å². The van der Waals surface area contributed by atoms with Crippen molar-refractivity contribution in [3.8, 4) is 0 Å². The van der Waals surface area contributed by atoms with Crippen LogP contribution in [0.25, 0.3) is 0 Å². The summed E-state index contributed by atoms with van der Waals surface area (Å²) in [6.07, 6.45) is 5.14. The summed E-state index contributed by atoms with van der Waals surface area (Å²) < 4.78 is 0. The van der Waals surface area contributed by atoms with E-state index in [1.807, 2.05) is 60.7 Å². The Morgan fingerprint density at radius 3 is 1.20 bits per heavy atom. The van der Waals surface area contributed by atoms with Crippen molar-refractivity contribution in [2.75, 3.05) is 48.3 Å². The first-order chi connectivity index (χ1) is 19.5. The third-order valence-electron chi connectivity index (χ3n) is 5.45. The van der Waals surface area contributed by atoms with Crippen molar-refractivity contribution in [3.63, 3.8) is 0 Å². The molecule has 0 unspecified atom stereocenters. The molecule has 0 heterocycles. The van der Waals surface area contributed by atoms with Crippen LogP contribution in [0.15, 0.2) is 60.7 Å². The lowest BCUT2D eigenvalue weighted by molar-refractivity contribution is -0.119. The number of hydrogen-bond acceptors (Lipinski definition) is 6. The highest BCUT2D eigenvalue weighted by molar-refractivity contribution is 8.77. The second-order valence-corrected chi connectivity index (χ2v) is 11.3. The van der Waals surface area contributed by atoms with Crippen molar-refractivity contribution in [1.29, 1.82) is 0 Å². The van der Waals surface area contributed by atoms with Crippen LogP contribution in [0.2, 0.25) is 0 Å². The highest BCUT2D eigenvalue weighted by atomic mass is 33.1. The van der Waals surface area contributed by atoms with Crippen LogP contribution in [0.4, 0.5) is 21.0 Å². The Morgan fingerprint density at radius 2 is 0.825 bits per heavy atom. The van der Waals surface area contributed by atoms with E-state index in [-0.39, 0.29) is 23.9 Å². The number of para-hydroxylation sites is 2. The predicted octanol–water partition coefficient (Wildman–Crippen LogP) is 4.58. The number of benzene rings is 2. The summed E-state index contributed by atoms with van der Waals surface area (Å²) >= 11 is 0. The predicted molar refractivity (Wildman–Crippen MR) is 166 cm³/mol. The smallest absolute Gasteiger partial charge is 0.319 e. The Morgan fingerprint density at radius 1 is 0.475 bits per heavy atom. The number of amides is 6. The van der Waals surface area contributed by atoms with E-state index >= 15 is 0 Å². The van der Waals surface area contributed by atoms with Crippen LogP contribution >= 0.6 is 21.6 Å². The number of carbonyl (C=O) groups excluding carboxylic acids is 4. The molecule has 0 spiro atoms. The zero-order chi connectivity index (χ0) is 28.7. The lowest BCUT2D eigenvalue weighted by atomic mass is 10.2. The molecule has 0 aliphatic rings. The molecular formula is C28H40N6O4S2. The molecule has 2 aromatic carbocycles. The minimum Gasteiger partial charge on any atom is -0.355 e. The van der Waals surface area contributed by atoms with Gasteiger partial charge in [-0.25, -0.2) is 9.59 Å². The van der Waals surface area contributed by atoms with Gasteiger partial charge in [-0.05, 0) is 62.8 Å². The number of anilines is 2. The molecule has 0 saturated heterocycles. The van der Waals surface area contributed by atoms with Crippen LogP contribution in [-0.4, -0.2) is 61.6 Å². The first kappa shape index (κ1) is 32.8. The van der Waals surface area contributed by atoms with Crippen LogP contribution in [0.3, 0.4) is 0 Å².